The van der Waals surface area contributed by atoms with Crippen LogP contribution in [0.5, 0.6) is 11.5 Å². The number of amides is 1. The van der Waals surface area contributed by atoms with Gasteiger partial charge < -0.3 is 14.8 Å². The fourth-order valence-corrected chi connectivity index (χ4v) is 3.47. The zero-order valence-electron chi connectivity index (χ0n) is 16.3. The van der Waals surface area contributed by atoms with Gasteiger partial charge in [-0.1, -0.05) is 26.0 Å². The molecule has 0 fully saturated rings. The van der Waals surface area contributed by atoms with Crippen LogP contribution in [-0.4, -0.2) is 34.1 Å². The van der Waals surface area contributed by atoms with Crippen molar-refractivity contribution in [2.75, 3.05) is 25.1 Å². The number of para-hydroxylation sites is 2. The summed E-state index contributed by atoms with van der Waals surface area (Å²) >= 11 is 0. The third-order valence-corrected chi connectivity index (χ3v) is 5.09. The Kier molecular flexibility index (Phi) is 7.83. The molecule has 2 rings (SSSR count). The van der Waals surface area contributed by atoms with Crippen molar-refractivity contribution in [2.24, 2.45) is 5.92 Å². The molecule has 28 heavy (non-hydrogen) atoms. The molecule has 8 heteroatoms. The molecular formula is C20H26N2O5S. The molecule has 1 amide bonds. The van der Waals surface area contributed by atoms with Gasteiger partial charge in [-0.15, -0.1) is 0 Å². The summed E-state index contributed by atoms with van der Waals surface area (Å²) in [4.78, 5) is 12.3. The first kappa shape index (κ1) is 21.7. The van der Waals surface area contributed by atoms with Gasteiger partial charge in [0.25, 0.3) is 5.91 Å². The van der Waals surface area contributed by atoms with Crippen molar-refractivity contribution < 1.29 is 22.7 Å². The Morgan fingerprint density at radius 2 is 1.71 bits per heavy atom. The zero-order chi connectivity index (χ0) is 20.6. The molecule has 0 aromatic heterocycles. The van der Waals surface area contributed by atoms with E-state index >= 15 is 0 Å². The van der Waals surface area contributed by atoms with Gasteiger partial charge in [-0.3, -0.25) is 4.79 Å². The summed E-state index contributed by atoms with van der Waals surface area (Å²) in [7, 11) is -3.55. The molecule has 0 aliphatic carbocycles. The number of nitrogens with one attached hydrogen (secondary N) is 2. The number of carbonyl (C=O) groups is 1. The van der Waals surface area contributed by atoms with Crippen LogP contribution in [0.15, 0.2) is 53.4 Å². The second-order valence-corrected chi connectivity index (χ2v) is 8.25. The molecule has 2 aromatic rings. The topological polar surface area (TPSA) is 93.7 Å². The summed E-state index contributed by atoms with van der Waals surface area (Å²) in [5.41, 5.74) is 0.565. The third-order valence-electron chi connectivity index (χ3n) is 3.65. The molecule has 0 atom stereocenters. The molecule has 0 heterocycles. The zero-order valence-corrected chi connectivity index (χ0v) is 17.1. The van der Waals surface area contributed by atoms with Crippen LogP contribution < -0.4 is 19.5 Å². The third kappa shape index (κ3) is 6.54. The van der Waals surface area contributed by atoms with Crippen molar-refractivity contribution in [3.63, 3.8) is 0 Å². The van der Waals surface area contributed by atoms with Crippen LogP contribution in [0.2, 0.25) is 0 Å². The second kappa shape index (κ2) is 10.1. The molecule has 0 aliphatic heterocycles. The Labute approximate surface area is 166 Å². The first-order valence-electron chi connectivity index (χ1n) is 9.06. The molecule has 0 spiro atoms. The van der Waals surface area contributed by atoms with E-state index in [1.54, 1.807) is 18.2 Å². The highest BCUT2D eigenvalue weighted by atomic mass is 32.2. The lowest BCUT2D eigenvalue weighted by molar-refractivity contribution is -0.118. The van der Waals surface area contributed by atoms with E-state index in [2.05, 4.69) is 10.0 Å². The molecule has 0 bridgehead atoms. The summed E-state index contributed by atoms with van der Waals surface area (Å²) < 4.78 is 37.8. The molecule has 0 radical (unpaired) electrons. The number of carbonyl (C=O) groups excluding carboxylic acids is 1. The maximum Gasteiger partial charge on any atom is 0.262 e. The van der Waals surface area contributed by atoms with Gasteiger partial charge in [0.15, 0.2) is 6.61 Å². The molecule has 152 valence electrons. The standard InChI is InChI=1S/C20H26N2O5S/c1-4-26-19-8-6-5-7-18(19)22-20(23)14-27-16-9-11-17(12-10-16)28(24,25)21-13-15(2)3/h5-12,15,21H,4,13-14H2,1-3H3,(H,22,23). The smallest absolute Gasteiger partial charge is 0.262 e. The molecule has 7 nitrogen and oxygen atoms in total. The Morgan fingerprint density at radius 1 is 1.04 bits per heavy atom. The van der Waals surface area contributed by atoms with Gasteiger partial charge in [-0.05, 0) is 49.2 Å². The van der Waals surface area contributed by atoms with E-state index in [0.717, 1.165) is 0 Å². The summed E-state index contributed by atoms with van der Waals surface area (Å²) in [6.07, 6.45) is 0. The van der Waals surface area contributed by atoms with E-state index < -0.39 is 10.0 Å². The van der Waals surface area contributed by atoms with Crippen LogP contribution in [0.1, 0.15) is 20.8 Å². The number of anilines is 1. The van der Waals surface area contributed by atoms with Crippen molar-refractivity contribution >= 4 is 21.6 Å². The van der Waals surface area contributed by atoms with Crippen molar-refractivity contribution in [2.45, 2.75) is 25.7 Å². The monoisotopic (exact) mass is 406 g/mol. The van der Waals surface area contributed by atoms with Crippen molar-refractivity contribution in [1.82, 2.24) is 4.72 Å². The highest BCUT2D eigenvalue weighted by Crippen LogP contribution is 2.23. The van der Waals surface area contributed by atoms with Crippen LogP contribution in [0.25, 0.3) is 0 Å². The van der Waals surface area contributed by atoms with Gasteiger partial charge in [0.05, 0.1) is 17.2 Å². The van der Waals surface area contributed by atoms with Gasteiger partial charge in [0.1, 0.15) is 11.5 Å². The number of rotatable bonds is 10. The average Bonchev–Trinajstić information content (AvgIpc) is 2.67. The lowest BCUT2D eigenvalue weighted by Gasteiger charge is -2.12. The first-order chi connectivity index (χ1) is 13.3. The maximum absolute atomic E-state index is 12.2. The molecule has 0 aliphatic rings. The summed E-state index contributed by atoms with van der Waals surface area (Å²) in [5, 5.41) is 2.73. The van der Waals surface area contributed by atoms with E-state index in [9.17, 15) is 13.2 Å². The predicted octanol–water partition coefficient (Wildman–Crippen LogP) is 3.04. The average molecular weight is 407 g/mol. The minimum absolute atomic E-state index is 0.149. The molecule has 2 aromatic carbocycles. The van der Waals surface area contributed by atoms with Crippen LogP contribution >= 0.6 is 0 Å². The molecule has 0 unspecified atom stereocenters. The normalized spacial score (nSPS) is 11.3. The summed E-state index contributed by atoms with van der Waals surface area (Å²) in [5.74, 6) is 0.851. The number of hydrogen-bond acceptors (Lipinski definition) is 5. The van der Waals surface area contributed by atoms with Crippen LogP contribution in [0, 0.1) is 5.92 Å². The van der Waals surface area contributed by atoms with Crippen LogP contribution in [0.3, 0.4) is 0 Å². The fraction of sp³-hybridized carbons (Fsp3) is 0.350. The van der Waals surface area contributed by atoms with E-state index in [1.807, 2.05) is 26.8 Å². The molecular weight excluding hydrogens is 380 g/mol. The Bertz CT molecular complexity index is 880. The highest BCUT2D eigenvalue weighted by molar-refractivity contribution is 7.89. The largest absolute Gasteiger partial charge is 0.492 e. The van der Waals surface area contributed by atoms with Gasteiger partial charge in [0, 0.05) is 6.54 Å². The van der Waals surface area contributed by atoms with Gasteiger partial charge >= 0.3 is 0 Å². The first-order valence-corrected chi connectivity index (χ1v) is 10.5. The Balaban J connectivity index is 1.92. The number of ether oxygens (including phenoxy) is 2. The van der Waals surface area contributed by atoms with Crippen molar-refractivity contribution in [3.05, 3.63) is 48.5 Å². The van der Waals surface area contributed by atoms with Gasteiger partial charge in [-0.2, -0.15) is 0 Å². The molecule has 0 saturated carbocycles. The predicted molar refractivity (Wildman–Crippen MR) is 108 cm³/mol. The van der Waals surface area contributed by atoms with E-state index in [1.165, 1.54) is 24.3 Å². The van der Waals surface area contributed by atoms with E-state index in [0.29, 0.717) is 30.3 Å². The highest BCUT2D eigenvalue weighted by Gasteiger charge is 2.14. The number of sulfonamides is 1. The van der Waals surface area contributed by atoms with E-state index in [4.69, 9.17) is 9.47 Å². The maximum atomic E-state index is 12.2. The SMILES string of the molecule is CCOc1ccccc1NC(=O)COc1ccc(S(=O)(=O)NCC(C)C)cc1. The quantitative estimate of drug-likeness (QED) is 0.633. The van der Waals surface area contributed by atoms with Gasteiger partial charge in [-0.25, -0.2) is 13.1 Å². The summed E-state index contributed by atoms with van der Waals surface area (Å²) in [6, 6.07) is 13.1. The van der Waals surface area contributed by atoms with Crippen LogP contribution in [-0.2, 0) is 14.8 Å². The summed E-state index contributed by atoms with van der Waals surface area (Å²) in [6.45, 7) is 6.37. The lowest BCUT2D eigenvalue weighted by Crippen LogP contribution is -2.27. The fourth-order valence-electron chi connectivity index (χ4n) is 2.26. The van der Waals surface area contributed by atoms with Crippen molar-refractivity contribution in [3.8, 4) is 11.5 Å². The Morgan fingerprint density at radius 3 is 2.36 bits per heavy atom. The second-order valence-electron chi connectivity index (χ2n) is 6.48. The molecule has 2 N–H and O–H groups in total. The van der Waals surface area contributed by atoms with Crippen LogP contribution in [0.4, 0.5) is 5.69 Å². The van der Waals surface area contributed by atoms with E-state index in [-0.39, 0.29) is 23.3 Å². The number of hydrogen-bond donors (Lipinski definition) is 2. The Hall–Kier alpha value is -2.58. The minimum Gasteiger partial charge on any atom is -0.492 e. The number of benzene rings is 2. The minimum atomic E-state index is -3.55. The molecule has 0 saturated heterocycles. The lowest BCUT2D eigenvalue weighted by atomic mass is 10.2. The van der Waals surface area contributed by atoms with Crippen molar-refractivity contribution in [1.29, 1.82) is 0 Å². The van der Waals surface area contributed by atoms with Gasteiger partial charge in [0.2, 0.25) is 10.0 Å².